The predicted octanol–water partition coefficient (Wildman–Crippen LogP) is 9.84. The highest BCUT2D eigenvalue weighted by Gasteiger charge is 2.29. The van der Waals surface area contributed by atoms with Gasteiger partial charge >= 0.3 is 0 Å². The summed E-state index contributed by atoms with van der Waals surface area (Å²) in [6.45, 7) is 2.12. The molecule has 5 aromatic carbocycles. The van der Waals surface area contributed by atoms with Crippen LogP contribution >= 0.6 is 0 Å². The van der Waals surface area contributed by atoms with Gasteiger partial charge in [-0.1, -0.05) is 127 Å². The Morgan fingerprint density at radius 2 is 1.37 bits per heavy atom. The van der Waals surface area contributed by atoms with E-state index in [-0.39, 0.29) is 6.04 Å². The fourth-order valence-corrected chi connectivity index (χ4v) is 5.45. The standard InChI is InChI=1S/C39H31N3O/c1-28-15-21-31(22-16-28)36-26-37(32-10-4-2-5-11-32)42(41-36)35-23-19-29(20-24-35)17-18-30-9-8-14-34(25-30)39-40-27-38(43-39)33-12-6-3-7-13-33/h2-25,27,37H,26H2,1H3/b18-17+/t37-/m0/s1. The first-order chi connectivity index (χ1) is 21.2. The summed E-state index contributed by atoms with van der Waals surface area (Å²) >= 11 is 0. The predicted molar refractivity (Wildman–Crippen MR) is 177 cm³/mol. The summed E-state index contributed by atoms with van der Waals surface area (Å²) in [6, 6.07) is 46.4. The second kappa shape index (κ2) is 11.8. The smallest absolute Gasteiger partial charge is 0.226 e. The highest BCUT2D eigenvalue weighted by Crippen LogP contribution is 2.37. The number of aryl methyl sites for hydroxylation is 1. The number of hydrazone groups is 1. The third-order valence-corrected chi connectivity index (χ3v) is 7.80. The third kappa shape index (κ3) is 5.81. The number of benzene rings is 5. The molecule has 4 nitrogen and oxygen atoms in total. The quantitative estimate of drug-likeness (QED) is 0.183. The lowest BCUT2D eigenvalue weighted by Crippen LogP contribution is -2.18. The summed E-state index contributed by atoms with van der Waals surface area (Å²) in [5.74, 6) is 1.38. The molecular formula is C39H31N3O. The van der Waals surface area contributed by atoms with E-state index in [4.69, 9.17) is 9.52 Å². The second-order valence-corrected chi connectivity index (χ2v) is 10.8. The van der Waals surface area contributed by atoms with E-state index in [1.54, 1.807) is 6.20 Å². The van der Waals surface area contributed by atoms with Crippen LogP contribution in [-0.2, 0) is 0 Å². The number of anilines is 1. The monoisotopic (exact) mass is 557 g/mol. The zero-order chi connectivity index (χ0) is 29.0. The van der Waals surface area contributed by atoms with Crippen LogP contribution < -0.4 is 5.01 Å². The molecule has 208 valence electrons. The molecule has 0 unspecified atom stereocenters. The Bertz CT molecular complexity index is 1890. The molecule has 0 spiro atoms. The van der Waals surface area contributed by atoms with Crippen molar-refractivity contribution in [3.63, 3.8) is 0 Å². The van der Waals surface area contributed by atoms with Crippen molar-refractivity contribution in [1.29, 1.82) is 0 Å². The molecule has 1 aromatic heterocycles. The van der Waals surface area contributed by atoms with Crippen molar-refractivity contribution in [3.8, 4) is 22.8 Å². The van der Waals surface area contributed by atoms with Gasteiger partial charge in [0.1, 0.15) is 0 Å². The normalized spacial score (nSPS) is 14.8. The van der Waals surface area contributed by atoms with Crippen molar-refractivity contribution < 1.29 is 4.42 Å². The van der Waals surface area contributed by atoms with Crippen LogP contribution in [0.25, 0.3) is 34.9 Å². The fourth-order valence-electron chi connectivity index (χ4n) is 5.45. The largest absolute Gasteiger partial charge is 0.436 e. The van der Waals surface area contributed by atoms with Crippen LogP contribution in [0.15, 0.2) is 149 Å². The number of hydrogen-bond acceptors (Lipinski definition) is 4. The Labute approximate surface area is 252 Å². The number of hydrogen-bond donors (Lipinski definition) is 0. The average Bonchev–Trinajstić information content (AvgIpc) is 3.75. The first kappa shape index (κ1) is 26.4. The maximum atomic E-state index is 6.07. The lowest BCUT2D eigenvalue weighted by molar-refractivity contribution is 0.589. The molecule has 6 aromatic rings. The minimum absolute atomic E-state index is 0.152. The van der Waals surface area contributed by atoms with E-state index in [0.29, 0.717) is 5.89 Å². The third-order valence-electron chi connectivity index (χ3n) is 7.80. The van der Waals surface area contributed by atoms with Crippen LogP contribution in [0.4, 0.5) is 5.69 Å². The van der Waals surface area contributed by atoms with Crippen LogP contribution in [0.2, 0.25) is 0 Å². The molecule has 43 heavy (non-hydrogen) atoms. The van der Waals surface area contributed by atoms with Crippen molar-refractivity contribution in [2.24, 2.45) is 5.10 Å². The van der Waals surface area contributed by atoms with Gasteiger partial charge in [-0.05, 0) is 53.4 Å². The van der Waals surface area contributed by atoms with Crippen LogP contribution in [0.3, 0.4) is 0 Å². The van der Waals surface area contributed by atoms with Gasteiger partial charge in [-0.15, -0.1) is 0 Å². The first-order valence-corrected chi connectivity index (χ1v) is 14.6. The molecule has 1 aliphatic rings. The first-order valence-electron chi connectivity index (χ1n) is 14.6. The van der Waals surface area contributed by atoms with Gasteiger partial charge in [0.25, 0.3) is 0 Å². The molecule has 0 N–H and O–H groups in total. The van der Waals surface area contributed by atoms with E-state index in [9.17, 15) is 0 Å². The Hall–Kier alpha value is -5.48. The van der Waals surface area contributed by atoms with Crippen LogP contribution in [0.5, 0.6) is 0 Å². The summed E-state index contributed by atoms with van der Waals surface area (Å²) in [4.78, 5) is 4.52. The van der Waals surface area contributed by atoms with Gasteiger partial charge in [-0.3, -0.25) is 5.01 Å². The van der Waals surface area contributed by atoms with Gasteiger partial charge in [-0.25, -0.2) is 4.98 Å². The summed E-state index contributed by atoms with van der Waals surface area (Å²) in [6.07, 6.45) is 6.90. The molecular weight excluding hydrogens is 526 g/mol. The molecule has 2 heterocycles. The Balaban J connectivity index is 1.11. The van der Waals surface area contributed by atoms with Crippen molar-refractivity contribution >= 4 is 23.6 Å². The molecule has 0 aliphatic carbocycles. The molecule has 0 bridgehead atoms. The molecule has 0 saturated carbocycles. The van der Waals surface area contributed by atoms with Crippen LogP contribution in [0.1, 0.15) is 40.3 Å². The van der Waals surface area contributed by atoms with E-state index >= 15 is 0 Å². The topological polar surface area (TPSA) is 41.6 Å². The number of rotatable bonds is 7. The zero-order valence-electron chi connectivity index (χ0n) is 24.0. The second-order valence-electron chi connectivity index (χ2n) is 10.8. The average molecular weight is 558 g/mol. The molecule has 1 atom stereocenters. The van der Waals surface area contributed by atoms with E-state index in [2.05, 4.69) is 120 Å². The number of nitrogens with zero attached hydrogens (tertiary/aromatic N) is 3. The highest BCUT2D eigenvalue weighted by atomic mass is 16.4. The molecule has 7 rings (SSSR count). The summed E-state index contributed by atoms with van der Waals surface area (Å²) in [7, 11) is 0. The van der Waals surface area contributed by atoms with E-state index < -0.39 is 0 Å². The summed E-state index contributed by atoms with van der Waals surface area (Å²) in [5, 5.41) is 7.28. The van der Waals surface area contributed by atoms with Crippen molar-refractivity contribution in [2.75, 3.05) is 5.01 Å². The molecule has 0 amide bonds. The van der Waals surface area contributed by atoms with Gasteiger partial charge in [0, 0.05) is 17.5 Å². The van der Waals surface area contributed by atoms with Crippen molar-refractivity contribution in [2.45, 2.75) is 19.4 Å². The van der Waals surface area contributed by atoms with Crippen LogP contribution in [0, 0.1) is 6.92 Å². The van der Waals surface area contributed by atoms with Gasteiger partial charge in [0.15, 0.2) is 5.76 Å². The van der Waals surface area contributed by atoms with Gasteiger partial charge in [0.2, 0.25) is 5.89 Å². The molecule has 0 radical (unpaired) electrons. The maximum absolute atomic E-state index is 6.07. The molecule has 1 aliphatic heterocycles. The molecule has 0 fully saturated rings. The minimum Gasteiger partial charge on any atom is -0.436 e. The van der Waals surface area contributed by atoms with E-state index in [0.717, 1.165) is 45.8 Å². The Morgan fingerprint density at radius 3 is 2.14 bits per heavy atom. The summed E-state index contributed by atoms with van der Waals surface area (Å²) < 4.78 is 6.07. The van der Waals surface area contributed by atoms with E-state index in [1.807, 2.05) is 42.5 Å². The molecule has 4 heteroatoms. The number of aromatic nitrogens is 1. The Morgan fingerprint density at radius 1 is 0.674 bits per heavy atom. The van der Waals surface area contributed by atoms with E-state index in [1.165, 1.54) is 16.7 Å². The van der Waals surface area contributed by atoms with Gasteiger partial charge in [0.05, 0.1) is 23.6 Å². The highest BCUT2D eigenvalue weighted by molar-refractivity contribution is 6.03. The zero-order valence-corrected chi connectivity index (χ0v) is 24.0. The van der Waals surface area contributed by atoms with Gasteiger partial charge < -0.3 is 4.42 Å². The van der Waals surface area contributed by atoms with Crippen molar-refractivity contribution in [1.82, 2.24) is 4.98 Å². The number of oxazole rings is 1. The van der Waals surface area contributed by atoms with Crippen molar-refractivity contribution in [3.05, 3.63) is 167 Å². The van der Waals surface area contributed by atoms with Gasteiger partial charge in [-0.2, -0.15) is 5.10 Å². The maximum Gasteiger partial charge on any atom is 0.226 e. The molecule has 0 saturated heterocycles. The summed E-state index contributed by atoms with van der Waals surface area (Å²) in [5.41, 5.74) is 10.0. The SMILES string of the molecule is Cc1ccc(C2=NN(c3ccc(/C=C/c4cccc(-c5ncc(-c6ccccc6)o5)c4)cc3)[C@H](c3ccccc3)C2)cc1. The minimum atomic E-state index is 0.152. The van der Waals surface area contributed by atoms with Crippen LogP contribution in [-0.4, -0.2) is 10.7 Å². The lowest BCUT2D eigenvalue weighted by Gasteiger charge is -2.24. The fraction of sp³-hybridized carbons (Fsp3) is 0.0769. The lowest BCUT2D eigenvalue weighted by atomic mass is 9.98. The Kier molecular flexibility index (Phi) is 7.24.